The summed E-state index contributed by atoms with van der Waals surface area (Å²) in [6, 6.07) is 8.59. The van der Waals surface area contributed by atoms with Crippen LogP contribution in [0.1, 0.15) is 61.9 Å². The number of carbonyl (C=O) groups excluding carboxylic acids is 4. The lowest BCUT2D eigenvalue weighted by atomic mass is 9.93. The number of hydrogen-bond acceptors (Lipinski definition) is 5. The number of nitrogens with one attached hydrogen (secondary N) is 2. The van der Waals surface area contributed by atoms with E-state index in [-0.39, 0.29) is 12.8 Å². The van der Waals surface area contributed by atoms with Crippen molar-refractivity contribution in [1.29, 1.82) is 0 Å². The molecule has 0 saturated heterocycles. The van der Waals surface area contributed by atoms with E-state index < -0.39 is 41.5 Å². The van der Waals surface area contributed by atoms with Gasteiger partial charge in [0.15, 0.2) is 0 Å². The van der Waals surface area contributed by atoms with Crippen molar-refractivity contribution in [3.8, 4) is 0 Å². The Hall–Kier alpha value is -3.59. The molecule has 0 fully saturated rings. The van der Waals surface area contributed by atoms with Gasteiger partial charge in [-0.2, -0.15) is 0 Å². The second-order valence-corrected chi connectivity index (χ2v) is 10.7. The average Bonchev–Trinajstić information content (AvgIpc) is 2.79. The van der Waals surface area contributed by atoms with Gasteiger partial charge in [-0.05, 0) is 76.3 Å². The second-order valence-electron chi connectivity index (χ2n) is 10.3. The molecule has 10 heteroatoms. The van der Waals surface area contributed by atoms with Gasteiger partial charge >= 0.3 is 6.09 Å². The van der Waals surface area contributed by atoms with Gasteiger partial charge in [0.2, 0.25) is 11.8 Å². The number of rotatable bonds is 9. The molecule has 2 aromatic rings. The number of aryl methyl sites for hydroxylation is 3. The van der Waals surface area contributed by atoms with Crippen molar-refractivity contribution in [1.82, 2.24) is 10.2 Å². The lowest BCUT2D eigenvalue weighted by molar-refractivity contribution is -0.139. The zero-order valence-corrected chi connectivity index (χ0v) is 23.7. The van der Waals surface area contributed by atoms with Crippen LogP contribution in [-0.4, -0.2) is 47.4 Å². The number of nitrogens with zero attached hydrogens (tertiary/aromatic N) is 1. The molecule has 206 valence electrons. The summed E-state index contributed by atoms with van der Waals surface area (Å²) in [4.78, 5) is 52.9. The van der Waals surface area contributed by atoms with E-state index in [1.54, 1.807) is 32.9 Å². The standard InChI is InChI=1S/C28H37ClN4O5/c1-16-10-8-11-17(2)22(16)24(25(35)32-23-18(3)12-9-13-19(23)29)33(7)26(36)20(14-15-21(30)34)31-27(37)38-28(4,5)6/h8-13,20,24H,14-15H2,1-7H3,(H2,30,34)(H,31,37)(H,32,35). The number of primary amides is 1. The number of amides is 4. The fourth-order valence-electron chi connectivity index (χ4n) is 4.11. The summed E-state index contributed by atoms with van der Waals surface area (Å²) in [5.74, 6) is -1.70. The molecule has 0 radical (unpaired) electrons. The number of nitrogens with two attached hydrogens (primary N) is 1. The van der Waals surface area contributed by atoms with Crippen molar-refractivity contribution < 1.29 is 23.9 Å². The Labute approximate surface area is 229 Å². The zero-order chi connectivity index (χ0) is 28.8. The molecule has 0 aromatic heterocycles. The summed E-state index contributed by atoms with van der Waals surface area (Å²) in [5.41, 5.74) is 7.94. The van der Waals surface area contributed by atoms with E-state index in [1.165, 1.54) is 11.9 Å². The highest BCUT2D eigenvalue weighted by Crippen LogP contribution is 2.31. The number of likely N-dealkylation sites (N-methyl/N-ethyl adjacent to an activating group) is 1. The van der Waals surface area contributed by atoms with E-state index in [0.717, 1.165) is 16.7 Å². The molecule has 9 nitrogen and oxygen atoms in total. The molecule has 0 saturated carbocycles. The maximum atomic E-state index is 13.8. The van der Waals surface area contributed by atoms with Crippen LogP contribution in [0.15, 0.2) is 36.4 Å². The van der Waals surface area contributed by atoms with Gasteiger partial charge in [-0.25, -0.2) is 4.79 Å². The number of alkyl carbamates (subject to hydrolysis) is 1. The number of para-hydroxylation sites is 1. The predicted octanol–water partition coefficient (Wildman–Crippen LogP) is 4.56. The Kier molecular flexibility index (Phi) is 10.3. The van der Waals surface area contributed by atoms with Crippen LogP contribution in [0, 0.1) is 20.8 Å². The Balaban J connectivity index is 2.51. The van der Waals surface area contributed by atoms with Crippen molar-refractivity contribution in [2.45, 2.75) is 72.1 Å². The van der Waals surface area contributed by atoms with E-state index in [2.05, 4.69) is 10.6 Å². The van der Waals surface area contributed by atoms with Crippen LogP contribution in [-0.2, 0) is 19.1 Å². The van der Waals surface area contributed by atoms with Gasteiger partial charge in [-0.15, -0.1) is 0 Å². The van der Waals surface area contributed by atoms with E-state index in [1.807, 2.05) is 45.0 Å². The summed E-state index contributed by atoms with van der Waals surface area (Å²) >= 11 is 6.36. The number of ether oxygens (including phenoxy) is 1. The molecule has 0 spiro atoms. The molecule has 4 N–H and O–H groups in total. The third-order valence-electron chi connectivity index (χ3n) is 5.94. The number of anilines is 1. The monoisotopic (exact) mass is 544 g/mol. The fraction of sp³-hybridized carbons (Fsp3) is 0.429. The second kappa shape index (κ2) is 12.8. The third-order valence-corrected chi connectivity index (χ3v) is 6.25. The number of hydrogen-bond donors (Lipinski definition) is 3. The Morgan fingerprint density at radius 3 is 2.08 bits per heavy atom. The first-order chi connectivity index (χ1) is 17.6. The predicted molar refractivity (Wildman–Crippen MR) is 148 cm³/mol. The average molecular weight is 545 g/mol. The smallest absolute Gasteiger partial charge is 0.408 e. The largest absolute Gasteiger partial charge is 0.444 e. The van der Waals surface area contributed by atoms with Crippen molar-refractivity contribution in [3.63, 3.8) is 0 Å². The van der Waals surface area contributed by atoms with Crippen molar-refractivity contribution in [2.75, 3.05) is 12.4 Å². The van der Waals surface area contributed by atoms with Gasteiger partial charge < -0.3 is 26.0 Å². The van der Waals surface area contributed by atoms with Crippen LogP contribution in [0.25, 0.3) is 0 Å². The molecule has 0 bridgehead atoms. The summed E-state index contributed by atoms with van der Waals surface area (Å²) in [5, 5.41) is 5.78. The molecule has 2 unspecified atom stereocenters. The number of benzene rings is 2. The SMILES string of the molecule is Cc1cccc(Cl)c1NC(=O)C(c1c(C)cccc1C)N(C)C(=O)C(CCC(N)=O)NC(=O)OC(C)(C)C. The molecule has 0 heterocycles. The molecule has 2 aromatic carbocycles. The summed E-state index contributed by atoms with van der Waals surface area (Å²) in [6.45, 7) is 10.6. The van der Waals surface area contributed by atoms with Gasteiger partial charge in [0, 0.05) is 13.5 Å². The molecule has 38 heavy (non-hydrogen) atoms. The minimum absolute atomic E-state index is 0.0670. The lowest BCUT2D eigenvalue weighted by Crippen LogP contribution is -2.51. The van der Waals surface area contributed by atoms with Crippen LogP contribution in [0.2, 0.25) is 5.02 Å². The lowest BCUT2D eigenvalue weighted by Gasteiger charge is -2.33. The molecule has 0 aliphatic heterocycles. The van der Waals surface area contributed by atoms with Crippen molar-refractivity contribution >= 4 is 41.1 Å². The molecule has 0 aliphatic carbocycles. The van der Waals surface area contributed by atoms with Gasteiger partial charge in [0.05, 0.1) is 10.7 Å². The molecule has 2 atom stereocenters. The maximum absolute atomic E-state index is 13.8. The van der Waals surface area contributed by atoms with Crippen molar-refractivity contribution in [3.05, 3.63) is 63.7 Å². The molecular formula is C28H37ClN4O5. The molecule has 4 amide bonds. The highest BCUT2D eigenvalue weighted by Gasteiger charge is 2.36. The first-order valence-electron chi connectivity index (χ1n) is 12.3. The van der Waals surface area contributed by atoms with Crippen LogP contribution < -0.4 is 16.4 Å². The van der Waals surface area contributed by atoms with Gasteiger partial charge in [0.25, 0.3) is 5.91 Å². The Morgan fingerprint density at radius 2 is 1.55 bits per heavy atom. The quantitative estimate of drug-likeness (QED) is 0.426. The van der Waals surface area contributed by atoms with Crippen LogP contribution in [0.5, 0.6) is 0 Å². The first-order valence-corrected chi connectivity index (χ1v) is 12.7. The zero-order valence-electron chi connectivity index (χ0n) is 23.0. The van der Waals surface area contributed by atoms with Crippen LogP contribution in [0.3, 0.4) is 0 Å². The summed E-state index contributed by atoms with van der Waals surface area (Å²) in [6.07, 6.45) is -1.05. The molecule has 2 rings (SSSR count). The fourth-order valence-corrected chi connectivity index (χ4v) is 4.38. The Bertz CT molecular complexity index is 1170. The van der Waals surface area contributed by atoms with E-state index in [9.17, 15) is 19.2 Å². The first kappa shape index (κ1) is 30.6. The highest BCUT2D eigenvalue weighted by molar-refractivity contribution is 6.34. The number of halogens is 1. The third kappa shape index (κ3) is 8.21. The van der Waals surface area contributed by atoms with E-state index in [4.69, 9.17) is 22.1 Å². The van der Waals surface area contributed by atoms with Crippen LogP contribution >= 0.6 is 11.6 Å². The van der Waals surface area contributed by atoms with Gasteiger partial charge in [0.1, 0.15) is 17.7 Å². The molecule has 0 aliphatic rings. The van der Waals surface area contributed by atoms with Gasteiger partial charge in [-0.3, -0.25) is 14.4 Å². The normalized spacial score (nSPS) is 12.7. The highest BCUT2D eigenvalue weighted by atomic mass is 35.5. The maximum Gasteiger partial charge on any atom is 0.408 e. The molecular weight excluding hydrogens is 508 g/mol. The topological polar surface area (TPSA) is 131 Å². The van der Waals surface area contributed by atoms with E-state index >= 15 is 0 Å². The van der Waals surface area contributed by atoms with E-state index in [0.29, 0.717) is 16.3 Å². The van der Waals surface area contributed by atoms with Gasteiger partial charge in [-0.1, -0.05) is 41.9 Å². The van der Waals surface area contributed by atoms with Crippen molar-refractivity contribution in [2.24, 2.45) is 5.73 Å². The minimum Gasteiger partial charge on any atom is -0.444 e. The summed E-state index contributed by atoms with van der Waals surface area (Å²) in [7, 11) is 1.48. The minimum atomic E-state index is -1.16. The Morgan fingerprint density at radius 1 is 1.00 bits per heavy atom. The number of carbonyl (C=O) groups is 4. The summed E-state index contributed by atoms with van der Waals surface area (Å²) < 4.78 is 5.31. The van der Waals surface area contributed by atoms with Crippen LogP contribution in [0.4, 0.5) is 10.5 Å².